The van der Waals surface area contributed by atoms with Crippen molar-refractivity contribution in [3.63, 3.8) is 0 Å². The summed E-state index contributed by atoms with van der Waals surface area (Å²) in [5.41, 5.74) is 1.67. The van der Waals surface area contributed by atoms with E-state index in [4.69, 9.17) is 4.74 Å². The maximum Gasteiger partial charge on any atom is 0.118 e. The standard InChI is InChI=1S/C16H27NO/c1-6-11-17-15(12-16(2,3)4)13-7-9-14(18-5)10-8-13/h7-10,15,17H,6,11-12H2,1-5H3. The smallest absolute Gasteiger partial charge is 0.118 e. The normalized spacial score (nSPS) is 13.4. The van der Waals surface area contributed by atoms with Gasteiger partial charge >= 0.3 is 0 Å². The Morgan fingerprint density at radius 2 is 1.78 bits per heavy atom. The lowest BCUT2D eigenvalue weighted by Crippen LogP contribution is -2.26. The minimum Gasteiger partial charge on any atom is -0.497 e. The van der Waals surface area contributed by atoms with Gasteiger partial charge in [-0.2, -0.15) is 0 Å². The van der Waals surface area contributed by atoms with Crippen LogP contribution in [0.25, 0.3) is 0 Å². The fraction of sp³-hybridized carbons (Fsp3) is 0.625. The first kappa shape index (κ1) is 15.0. The van der Waals surface area contributed by atoms with Gasteiger partial charge in [-0.15, -0.1) is 0 Å². The lowest BCUT2D eigenvalue weighted by Gasteiger charge is -2.27. The molecule has 1 rings (SSSR count). The van der Waals surface area contributed by atoms with E-state index in [-0.39, 0.29) is 0 Å². The third-order valence-electron chi connectivity index (χ3n) is 2.98. The highest BCUT2D eigenvalue weighted by atomic mass is 16.5. The monoisotopic (exact) mass is 249 g/mol. The summed E-state index contributed by atoms with van der Waals surface area (Å²) in [7, 11) is 1.71. The zero-order valence-corrected chi connectivity index (χ0v) is 12.4. The summed E-state index contributed by atoms with van der Waals surface area (Å²) in [5.74, 6) is 0.920. The summed E-state index contributed by atoms with van der Waals surface area (Å²) in [4.78, 5) is 0. The lowest BCUT2D eigenvalue weighted by atomic mass is 9.85. The average molecular weight is 249 g/mol. The molecule has 0 aliphatic heterocycles. The highest BCUT2D eigenvalue weighted by molar-refractivity contribution is 5.29. The Bertz CT molecular complexity index is 337. The summed E-state index contributed by atoms with van der Waals surface area (Å²) in [5, 5.41) is 3.64. The van der Waals surface area contributed by atoms with Gasteiger partial charge in [-0.25, -0.2) is 0 Å². The fourth-order valence-electron chi connectivity index (χ4n) is 2.08. The van der Waals surface area contributed by atoms with Crippen LogP contribution in [0.3, 0.4) is 0 Å². The van der Waals surface area contributed by atoms with E-state index in [1.54, 1.807) is 7.11 Å². The molecule has 0 spiro atoms. The first-order valence-electron chi connectivity index (χ1n) is 6.83. The predicted molar refractivity (Wildman–Crippen MR) is 78.1 cm³/mol. The van der Waals surface area contributed by atoms with E-state index < -0.39 is 0 Å². The van der Waals surface area contributed by atoms with Crippen molar-refractivity contribution in [2.75, 3.05) is 13.7 Å². The van der Waals surface area contributed by atoms with E-state index >= 15 is 0 Å². The Balaban J connectivity index is 2.79. The van der Waals surface area contributed by atoms with Crippen LogP contribution in [-0.4, -0.2) is 13.7 Å². The molecule has 0 aliphatic carbocycles. The summed E-state index contributed by atoms with van der Waals surface area (Å²) < 4.78 is 5.21. The Kier molecular flexibility index (Phi) is 5.67. The van der Waals surface area contributed by atoms with Crippen molar-refractivity contribution >= 4 is 0 Å². The van der Waals surface area contributed by atoms with Crippen molar-refractivity contribution in [2.45, 2.75) is 46.6 Å². The van der Waals surface area contributed by atoms with Gasteiger partial charge in [0.15, 0.2) is 0 Å². The topological polar surface area (TPSA) is 21.3 Å². The van der Waals surface area contributed by atoms with Crippen molar-refractivity contribution in [1.82, 2.24) is 5.32 Å². The van der Waals surface area contributed by atoms with E-state index in [2.05, 4.69) is 45.1 Å². The zero-order chi connectivity index (χ0) is 13.6. The molecule has 0 radical (unpaired) electrons. The van der Waals surface area contributed by atoms with Crippen molar-refractivity contribution in [3.8, 4) is 5.75 Å². The van der Waals surface area contributed by atoms with Crippen molar-refractivity contribution in [3.05, 3.63) is 29.8 Å². The Hall–Kier alpha value is -1.02. The largest absolute Gasteiger partial charge is 0.497 e. The molecule has 1 aromatic rings. The van der Waals surface area contributed by atoms with Gasteiger partial charge in [0, 0.05) is 6.04 Å². The van der Waals surface area contributed by atoms with Gasteiger partial charge in [-0.1, -0.05) is 39.8 Å². The first-order valence-corrected chi connectivity index (χ1v) is 6.83. The molecular formula is C16H27NO. The molecule has 1 unspecified atom stereocenters. The molecule has 18 heavy (non-hydrogen) atoms. The summed E-state index contributed by atoms with van der Waals surface area (Å²) in [6, 6.07) is 8.84. The van der Waals surface area contributed by atoms with Gasteiger partial charge in [-0.3, -0.25) is 0 Å². The number of benzene rings is 1. The van der Waals surface area contributed by atoms with Gasteiger partial charge in [0.1, 0.15) is 5.75 Å². The molecule has 0 bridgehead atoms. The summed E-state index contributed by atoms with van der Waals surface area (Å²) in [6.07, 6.45) is 2.30. The highest BCUT2D eigenvalue weighted by Gasteiger charge is 2.19. The van der Waals surface area contributed by atoms with Gasteiger partial charge in [-0.05, 0) is 42.5 Å². The van der Waals surface area contributed by atoms with Crippen molar-refractivity contribution in [2.24, 2.45) is 5.41 Å². The quantitative estimate of drug-likeness (QED) is 0.817. The molecule has 0 heterocycles. The SMILES string of the molecule is CCCNC(CC(C)(C)C)c1ccc(OC)cc1. The van der Waals surface area contributed by atoms with Crippen LogP contribution in [0.2, 0.25) is 0 Å². The van der Waals surface area contributed by atoms with Crippen LogP contribution in [0.5, 0.6) is 5.75 Å². The Labute approximate surface area is 112 Å². The van der Waals surface area contributed by atoms with Gasteiger partial charge < -0.3 is 10.1 Å². The summed E-state index contributed by atoms with van der Waals surface area (Å²) in [6.45, 7) is 10.1. The van der Waals surface area contributed by atoms with Crippen LogP contribution in [0, 0.1) is 5.41 Å². The Morgan fingerprint density at radius 1 is 1.17 bits per heavy atom. The van der Waals surface area contributed by atoms with Crippen LogP contribution < -0.4 is 10.1 Å². The minimum atomic E-state index is 0.325. The van der Waals surface area contributed by atoms with Crippen LogP contribution in [0.4, 0.5) is 0 Å². The van der Waals surface area contributed by atoms with Crippen LogP contribution in [-0.2, 0) is 0 Å². The number of methoxy groups -OCH3 is 1. The average Bonchev–Trinajstić information content (AvgIpc) is 2.33. The molecular weight excluding hydrogens is 222 g/mol. The Morgan fingerprint density at radius 3 is 2.22 bits per heavy atom. The van der Waals surface area contributed by atoms with Crippen LogP contribution in [0.15, 0.2) is 24.3 Å². The third-order valence-corrected chi connectivity index (χ3v) is 2.98. The number of nitrogens with one attached hydrogen (secondary N) is 1. The minimum absolute atomic E-state index is 0.325. The van der Waals surface area contributed by atoms with Crippen molar-refractivity contribution in [1.29, 1.82) is 0 Å². The maximum absolute atomic E-state index is 5.21. The van der Waals surface area contributed by atoms with E-state index in [0.717, 1.165) is 25.1 Å². The van der Waals surface area contributed by atoms with E-state index in [9.17, 15) is 0 Å². The van der Waals surface area contributed by atoms with E-state index in [0.29, 0.717) is 11.5 Å². The maximum atomic E-state index is 5.21. The second-order valence-corrected chi connectivity index (χ2v) is 6.04. The molecule has 1 atom stereocenters. The molecule has 0 saturated heterocycles. The van der Waals surface area contributed by atoms with Gasteiger partial charge in [0.25, 0.3) is 0 Å². The van der Waals surface area contributed by atoms with Crippen LogP contribution >= 0.6 is 0 Å². The van der Waals surface area contributed by atoms with Gasteiger partial charge in [0.2, 0.25) is 0 Å². The van der Waals surface area contributed by atoms with Gasteiger partial charge in [0.05, 0.1) is 7.11 Å². The zero-order valence-electron chi connectivity index (χ0n) is 12.4. The highest BCUT2D eigenvalue weighted by Crippen LogP contribution is 2.30. The molecule has 102 valence electrons. The fourth-order valence-corrected chi connectivity index (χ4v) is 2.08. The van der Waals surface area contributed by atoms with E-state index in [1.165, 1.54) is 5.56 Å². The lowest BCUT2D eigenvalue weighted by molar-refractivity contribution is 0.311. The van der Waals surface area contributed by atoms with Crippen molar-refractivity contribution < 1.29 is 4.74 Å². The molecule has 0 amide bonds. The molecule has 0 fully saturated rings. The third kappa shape index (κ3) is 5.09. The second-order valence-electron chi connectivity index (χ2n) is 6.04. The molecule has 1 N–H and O–H groups in total. The second kappa shape index (κ2) is 6.79. The first-order chi connectivity index (χ1) is 8.46. The number of hydrogen-bond donors (Lipinski definition) is 1. The molecule has 2 heteroatoms. The number of ether oxygens (including phenoxy) is 1. The molecule has 0 aliphatic rings. The molecule has 0 saturated carbocycles. The summed E-state index contributed by atoms with van der Waals surface area (Å²) >= 11 is 0. The predicted octanol–water partition coefficient (Wildman–Crippen LogP) is 4.17. The number of hydrogen-bond acceptors (Lipinski definition) is 2. The molecule has 0 aromatic heterocycles. The molecule has 1 aromatic carbocycles. The molecule has 2 nitrogen and oxygen atoms in total. The van der Waals surface area contributed by atoms with Crippen LogP contribution in [0.1, 0.15) is 52.1 Å². The van der Waals surface area contributed by atoms with E-state index in [1.807, 2.05) is 12.1 Å². The number of rotatable bonds is 6.